The van der Waals surface area contributed by atoms with Crippen molar-refractivity contribution in [1.29, 1.82) is 0 Å². The van der Waals surface area contributed by atoms with Crippen LogP contribution in [0.1, 0.15) is 48.5 Å². The molecule has 1 heterocycles. The molecule has 0 atom stereocenters. The van der Waals surface area contributed by atoms with Crippen LogP contribution >= 0.6 is 0 Å². The minimum atomic E-state index is -0.107. The molecule has 0 radical (unpaired) electrons. The average molecular weight is 386 g/mol. The number of ether oxygens (including phenoxy) is 1. The van der Waals surface area contributed by atoms with Crippen LogP contribution in [-0.2, 0) is 6.54 Å². The summed E-state index contributed by atoms with van der Waals surface area (Å²) in [6.45, 7) is 3.18. The molecule has 29 heavy (non-hydrogen) atoms. The molecule has 0 aliphatic rings. The van der Waals surface area contributed by atoms with Gasteiger partial charge in [-0.2, -0.15) is 0 Å². The summed E-state index contributed by atoms with van der Waals surface area (Å²) in [4.78, 5) is 16.8. The summed E-state index contributed by atoms with van der Waals surface area (Å²) in [6.07, 6.45) is 5.75. The first-order valence-corrected chi connectivity index (χ1v) is 10.1. The number of carbonyl (C=O) groups excluding carboxylic acids is 1. The zero-order chi connectivity index (χ0) is 20.3. The van der Waals surface area contributed by atoms with Gasteiger partial charge in [0.1, 0.15) is 5.75 Å². The fourth-order valence-electron chi connectivity index (χ4n) is 2.91. The lowest BCUT2D eigenvalue weighted by molar-refractivity contribution is 0.0951. The Kier molecular flexibility index (Phi) is 7.65. The van der Waals surface area contributed by atoms with E-state index in [0.717, 1.165) is 41.5 Å². The summed E-state index contributed by atoms with van der Waals surface area (Å²) in [5.41, 5.74) is 2.50. The molecule has 1 amide bonds. The van der Waals surface area contributed by atoms with Gasteiger partial charge in [0.15, 0.2) is 0 Å². The summed E-state index contributed by atoms with van der Waals surface area (Å²) >= 11 is 0. The van der Waals surface area contributed by atoms with E-state index in [9.17, 15) is 4.79 Å². The van der Waals surface area contributed by atoms with E-state index in [1.165, 1.54) is 6.42 Å². The molecular formula is C25H26N2O2. The second-order valence-corrected chi connectivity index (χ2v) is 6.80. The Balaban J connectivity index is 1.50. The summed E-state index contributed by atoms with van der Waals surface area (Å²) in [5.74, 6) is 6.99. The largest absolute Gasteiger partial charge is 0.493 e. The number of hydrogen-bond donors (Lipinski definition) is 1. The average Bonchev–Trinajstić information content (AvgIpc) is 2.77. The van der Waals surface area contributed by atoms with E-state index in [0.29, 0.717) is 18.7 Å². The molecule has 0 saturated heterocycles. The van der Waals surface area contributed by atoms with Gasteiger partial charge in [-0.1, -0.05) is 37.5 Å². The smallest absolute Gasteiger partial charge is 0.251 e. The third-order valence-corrected chi connectivity index (χ3v) is 4.49. The standard InChI is InChI=1S/C25H26N2O2/c1-2-3-4-5-6-7-16-29-23-12-8-10-20(17-23)19-27-25(28)22-13-14-24-21(18-22)11-9-15-26-24/h8-15,17-18H,2-4,7,16,19H2,1H3,(H,27,28). The first-order valence-electron chi connectivity index (χ1n) is 10.1. The molecule has 3 rings (SSSR count). The van der Waals surface area contributed by atoms with E-state index < -0.39 is 0 Å². The SMILES string of the molecule is CCCCC#CCCOc1cccc(CNC(=O)c2ccc3ncccc3c2)c1. The molecule has 1 aromatic heterocycles. The van der Waals surface area contributed by atoms with Crippen LogP contribution in [0, 0.1) is 11.8 Å². The minimum Gasteiger partial charge on any atom is -0.493 e. The number of amides is 1. The van der Waals surface area contributed by atoms with Crippen molar-refractivity contribution in [3.63, 3.8) is 0 Å². The molecule has 0 aliphatic heterocycles. The highest BCUT2D eigenvalue weighted by Gasteiger charge is 2.07. The van der Waals surface area contributed by atoms with Gasteiger partial charge in [0, 0.05) is 36.5 Å². The summed E-state index contributed by atoms with van der Waals surface area (Å²) < 4.78 is 5.77. The zero-order valence-electron chi connectivity index (χ0n) is 16.8. The number of hydrogen-bond acceptors (Lipinski definition) is 3. The van der Waals surface area contributed by atoms with Crippen molar-refractivity contribution in [2.45, 2.75) is 39.2 Å². The van der Waals surface area contributed by atoms with Gasteiger partial charge >= 0.3 is 0 Å². The van der Waals surface area contributed by atoms with Crippen molar-refractivity contribution < 1.29 is 9.53 Å². The number of rotatable bonds is 8. The number of pyridine rings is 1. The van der Waals surface area contributed by atoms with Crippen molar-refractivity contribution in [2.24, 2.45) is 0 Å². The number of carbonyl (C=O) groups is 1. The number of fused-ring (bicyclic) bond motifs is 1. The van der Waals surface area contributed by atoms with Crippen LogP contribution in [0.3, 0.4) is 0 Å². The summed E-state index contributed by atoms with van der Waals surface area (Å²) in [6, 6.07) is 17.1. The number of benzene rings is 2. The molecule has 148 valence electrons. The van der Waals surface area contributed by atoms with Crippen LogP contribution < -0.4 is 10.1 Å². The second kappa shape index (κ2) is 10.9. The van der Waals surface area contributed by atoms with Crippen LogP contribution in [0.25, 0.3) is 10.9 Å². The Hall–Kier alpha value is -3.32. The molecule has 0 spiro atoms. The number of unbranched alkanes of at least 4 members (excludes halogenated alkanes) is 2. The zero-order valence-corrected chi connectivity index (χ0v) is 16.8. The number of nitrogens with one attached hydrogen (secondary N) is 1. The molecule has 0 saturated carbocycles. The van der Waals surface area contributed by atoms with Crippen LogP contribution in [0.4, 0.5) is 0 Å². The predicted molar refractivity (Wildman–Crippen MR) is 117 cm³/mol. The lowest BCUT2D eigenvalue weighted by atomic mass is 10.1. The monoisotopic (exact) mass is 386 g/mol. The maximum absolute atomic E-state index is 12.5. The van der Waals surface area contributed by atoms with Gasteiger partial charge in [0.2, 0.25) is 0 Å². The summed E-state index contributed by atoms with van der Waals surface area (Å²) in [7, 11) is 0. The van der Waals surface area contributed by atoms with Gasteiger partial charge in [-0.15, -0.1) is 5.92 Å². The molecule has 1 N–H and O–H groups in total. The highest BCUT2D eigenvalue weighted by atomic mass is 16.5. The third-order valence-electron chi connectivity index (χ3n) is 4.49. The number of aromatic nitrogens is 1. The molecule has 3 aromatic rings. The highest BCUT2D eigenvalue weighted by molar-refractivity contribution is 5.97. The Labute approximate surface area is 172 Å². The maximum Gasteiger partial charge on any atom is 0.251 e. The fraction of sp³-hybridized carbons (Fsp3) is 0.280. The number of nitrogens with zero attached hydrogens (tertiary/aromatic N) is 1. The Morgan fingerprint density at radius 2 is 1.97 bits per heavy atom. The molecule has 4 heteroatoms. The lowest BCUT2D eigenvalue weighted by Crippen LogP contribution is -2.22. The van der Waals surface area contributed by atoms with E-state index in [4.69, 9.17) is 4.74 Å². The van der Waals surface area contributed by atoms with Crippen molar-refractivity contribution in [2.75, 3.05) is 6.61 Å². The van der Waals surface area contributed by atoms with E-state index in [-0.39, 0.29) is 5.91 Å². The van der Waals surface area contributed by atoms with E-state index in [1.807, 2.05) is 48.5 Å². The van der Waals surface area contributed by atoms with E-state index in [2.05, 4.69) is 29.1 Å². The molecule has 0 fully saturated rings. The van der Waals surface area contributed by atoms with Crippen LogP contribution in [-0.4, -0.2) is 17.5 Å². The molecule has 0 aliphatic carbocycles. The first kappa shape index (κ1) is 20.4. The highest BCUT2D eigenvalue weighted by Crippen LogP contribution is 2.15. The van der Waals surface area contributed by atoms with Crippen molar-refractivity contribution in [3.8, 4) is 17.6 Å². The second-order valence-electron chi connectivity index (χ2n) is 6.80. The van der Waals surface area contributed by atoms with Gasteiger partial charge in [0.05, 0.1) is 12.1 Å². The normalized spacial score (nSPS) is 10.2. The van der Waals surface area contributed by atoms with Crippen LogP contribution in [0.15, 0.2) is 60.8 Å². The molecule has 2 aromatic carbocycles. The van der Waals surface area contributed by atoms with Gasteiger partial charge in [0.25, 0.3) is 5.91 Å². The summed E-state index contributed by atoms with van der Waals surface area (Å²) in [5, 5.41) is 3.92. The quantitative estimate of drug-likeness (QED) is 0.431. The topological polar surface area (TPSA) is 51.2 Å². The third kappa shape index (κ3) is 6.36. The van der Waals surface area contributed by atoms with Gasteiger partial charge in [-0.05, 0) is 48.4 Å². The molecular weight excluding hydrogens is 360 g/mol. The van der Waals surface area contributed by atoms with Crippen LogP contribution in [0.5, 0.6) is 5.75 Å². The van der Waals surface area contributed by atoms with Gasteiger partial charge in [-0.25, -0.2) is 0 Å². The molecule has 0 unspecified atom stereocenters. The Bertz CT molecular complexity index is 1020. The first-order chi connectivity index (χ1) is 14.3. The van der Waals surface area contributed by atoms with E-state index >= 15 is 0 Å². The Morgan fingerprint density at radius 1 is 1.07 bits per heavy atom. The van der Waals surface area contributed by atoms with Crippen molar-refractivity contribution in [3.05, 3.63) is 71.9 Å². The molecule has 0 bridgehead atoms. The van der Waals surface area contributed by atoms with Gasteiger partial charge < -0.3 is 10.1 Å². The predicted octanol–water partition coefficient (Wildman–Crippen LogP) is 5.13. The molecule has 4 nitrogen and oxygen atoms in total. The van der Waals surface area contributed by atoms with E-state index in [1.54, 1.807) is 12.3 Å². The fourth-order valence-corrected chi connectivity index (χ4v) is 2.91. The Morgan fingerprint density at radius 3 is 2.86 bits per heavy atom. The van der Waals surface area contributed by atoms with Gasteiger partial charge in [-0.3, -0.25) is 9.78 Å². The van der Waals surface area contributed by atoms with Crippen molar-refractivity contribution >= 4 is 16.8 Å². The lowest BCUT2D eigenvalue weighted by Gasteiger charge is -2.09. The minimum absolute atomic E-state index is 0.107. The van der Waals surface area contributed by atoms with Crippen LogP contribution in [0.2, 0.25) is 0 Å². The van der Waals surface area contributed by atoms with Crippen molar-refractivity contribution in [1.82, 2.24) is 10.3 Å². The maximum atomic E-state index is 12.5.